The summed E-state index contributed by atoms with van der Waals surface area (Å²) < 4.78 is 10.6. The number of methoxy groups -OCH3 is 1. The van der Waals surface area contributed by atoms with Gasteiger partial charge in [-0.3, -0.25) is 0 Å². The first-order valence-corrected chi connectivity index (χ1v) is 8.61. The van der Waals surface area contributed by atoms with Gasteiger partial charge in [0, 0.05) is 11.6 Å². The number of hydrogen-bond donors (Lipinski definition) is 1. The minimum atomic E-state index is -0.760. The van der Waals surface area contributed by atoms with Crippen molar-refractivity contribution in [2.45, 2.75) is 26.5 Å². The number of carbonyl (C=O) groups is 2. The van der Waals surface area contributed by atoms with Crippen molar-refractivity contribution in [3.63, 3.8) is 0 Å². The Hall–Kier alpha value is -2.82. The zero-order valence-electron chi connectivity index (χ0n) is 15.3. The van der Waals surface area contributed by atoms with Gasteiger partial charge in [-0.15, -0.1) is 0 Å². The third-order valence-corrected chi connectivity index (χ3v) is 4.20. The van der Waals surface area contributed by atoms with Crippen LogP contribution in [0.3, 0.4) is 0 Å². The number of anilines is 1. The van der Waals surface area contributed by atoms with Gasteiger partial charge in [-0.05, 0) is 35.7 Å². The molecule has 1 N–H and O–H groups in total. The topological polar surface area (TPSA) is 64.6 Å². The van der Waals surface area contributed by atoms with E-state index >= 15 is 0 Å². The fourth-order valence-corrected chi connectivity index (χ4v) is 2.62. The van der Waals surface area contributed by atoms with Crippen LogP contribution in [0.1, 0.15) is 19.4 Å². The molecule has 0 aromatic heterocycles. The summed E-state index contributed by atoms with van der Waals surface area (Å²) in [4.78, 5) is 24.3. The van der Waals surface area contributed by atoms with Crippen LogP contribution in [0.5, 0.6) is 5.75 Å². The second kappa shape index (κ2) is 9.61. The Bertz CT molecular complexity index is 698. The smallest absolute Gasteiger partial charge is 0.329 e. The fraction of sp³-hybridized carbons (Fsp3) is 0.333. The van der Waals surface area contributed by atoms with Crippen molar-refractivity contribution in [3.05, 3.63) is 60.2 Å². The molecular formula is C21H25NO4. The number of aldehydes is 1. The van der Waals surface area contributed by atoms with Crippen LogP contribution >= 0.6 is 0 Å². The number of benzene rings is 2. The number of esters is 1. The predicted octanol–water partition coefficient (Wildman–Crippen LogP) is 3.69. The van der Waals surface area contributed by atoms with E-state index in [1.807, 2.05) is 44.2 Å². The summed E-state index contributed by atoms with van der Waals surface area (Å²) in [6.07, 6.45) is 0.815. The number of carbonyl (C=O) groups excluding carboxylic acids is 2. The van der Waals surface area contributed by atoms with Gasteiger partial charge in [0.05, 0.1) is 7.11 Å². The summed E-state index contributed by atoms with van der Waals surface area (Å²) in [5.41, 5.74) is 1.62. The van der Waals surface area contributed by atoms with Crippen molar-refractivity contribution in [1.29, 1.82) is 0 Å². The van der Waals surface area contributed by atoms with Crippen molar-refractivity contribution in [1.82, 2.24) is 0 Å². The van der Waals surface area contributed by atoms with Crippen molar-refractivity contribution in [2.75, 3.05) is 12.4 Å². The number of nitrogens with one attached hydrogen (secondary N) is 1. The van der Waals surface area contributed by atoms with Crippen molar-refractivity contribution in [2.24, 2.45) is 11.8 Å². The summed E-state index contributed by atoms with van der Waals surface area (Å²) in [7, 11) is 1.59. The Morgan fingerprint density at radius 2 is 1.73 bits per heavy atom. The van der Waals surface area contributed by atoms with Crippen LogP contribution in [0.25, 0.3) is 0 Å². The lowest BCUT2D eigenvalue weighted by atomic mass is 9.89. The Morgan fingerprint density at radius 1 is 1.08 bits per heavy atom. The van der Waals surface area contributed by atoms with Crippen molar-refractivity contribution in [3.8, 4) is 5.75 Å². The third kappa shape index (κ3) is 5.34. The van der Waals surface area contributed by atoms with Crippen LogP contribution < -0.4 is 10.1 Å². The molecule has 5 heteroatoms. The zero-order chi connectivity index (χ0) is 18.9. The van der Waals surface area contributed by atoms with E-state index in [1.165, 1.54) is 0 Å². The molecule has 2 atom stereocenters. The van der Waals surface area contributed by atoms with E-state index in [-0.39, 0.29) is 12.5 Å². The van der Waals surface area contributed by atoms with Gasteiger partial charge < -0.3 is 19.6 Å². The first-order chi connectivity index (χ1) is 12.5. The third-order valence-electron chi connectivity index (χ3n) is 4.20. The van der Waals surface area contributed by atoms with E-state index in [9.17, 15) is 9.59 Å². The van der Waals surface area contributed by atoms with E-state index in [2.05, 4.69) is 5.32 Å². The highest BCUT2D eigenvalue weighted by atomic mass is 16.5. The Labute approximate surface area is 154 Å². The first kappa shape index (κ1) is 19.5. The highest BCUT2D eigenvalue weighted by molar-refractivity contribution is 5.83. The number of ether oxygens (including phenoxy) is 2. The molecule has 0 aliphatic carbocycles. The van der Waals surface area contributed by atoms with Crippen LogP contribution in [-0.4, -0.2) is 25.4 Å². The molecule has 2 rings (SSSR count). The van der Waals surface area contributed by atoms with E-state index in [1.54, 1.807) is 31.4 Å². The Morgan fingerprint density at radius 3 is 2.27 bits per heavy atom. The molecule has 0 aliphatic rings. The zero-order valence-corrected chi connectivity index (χ0v) is 15.3. The molecule has 0 bridgehead atoms. The largest absolute Gasteiger partial charge is 0.497 e. The van der Waals surface area contributed by atoms with Crippen LogP contribution in [0.15, 0.2) is 54.6 Å². The lowest BCUT2D eigenvalue weighted by Gasteiger charge is -2.26. The molecule has 2 aromatic carbocycles. The normalized spacial score (nSPS) is 12.9. The quantitative estimate of drug-likeness (QED) is 0.549. The molecule has 0 heterocycles. The minimum Gasteiger partial charge on any atom is -0.497 e. The standard InChI is InChI=1S/C21H25NO4/c1-15(2)19(13-23)20(22-17-9-11-18(25-3)12-10-17)21(24)26-14-16-7-5-4-6-8-16/h4-13,15,19-20,22H,14H2,1-3H3/t19-,20+/m1/s1. The SMILES string of the molecule is COc1ccc(N[C@H](C(=O)OCc2ccccc2)[C@H](C=O)C(C)C)cc1. The maximum atomic E-state index is 12.7. The minimum absolute atomic E-state index is 0.00692. The van der Waals surface area contributed by atoms with Gasteiger partial charge in [0.15, 0.2) is 0 Å². The highest BCUT2D eigenvalue weighted by Crippen LogP contribution is 2.22. The monoisotopic (exact) mass is 355 g/mol. The highest BCUT2D eigenvalue weighted by Gasteiger charge is 2.32. The van der Waals surface area contributed by atoms with Gasteiger partial charge in [0.2, 0.25) is 0 Å². The van der Waals surface area contributed by atoms with E-state index in [4.69, 9.17) is 9.47 Å². The van der Waals surface area contributed by atoms with Crippen LogP contribution in [-0.2, 0) is 20.9 Å². The van der Waals surface area contributed by atoms with Gasteiger partial charge in [-0.1, -0.05) is 44.2 Å². The molecule has 0 spiro atoms. The fourth-order valence-electron chi connectivity index (χ4n) is 2.62. The molecule has 0 unspecified atom stereocenters. The summed E-state index contributed by atoms with van der Waals surface area (Å²) in [5.74, 6) is -0.238. The molecule has 0 saturated heterocycles. The summed E-state index contributed by atoms with van der Waals surface area (Å²) in [6, 6.07) is 15.9. The number of hydrogen-bond acceptors (Lipinski definition) is 5. The first-order valence-electron chi connectivity index (χ1n) is 8.61. The predicted molar refractivity (Wildman–Crippen MR) is 101 cm³/mol. The molecule has 5 nitrogen and oxygen atoms in total. The maximum Gasteiger partial charge on any atom is 0.329 e. The van der Waals surface area contributed by atoms with Crippen LogP contribution in [0.4, 0.5) is 5.69 Å². The average molecular weight is 355 g/mol. The molecule has 2 aromatic rings. The van der Waals surface area contributed by atoms with Crippen LogP contribution in [0.2, 0.25) is 0 Å². The van der Waals surface area contributed by atoms with Crippen LogP contribution in [0, 0.1) is 11.8 Å². The lowest BCUT2D eigenvalue weighted by molar-refractivity contribution is -0.148. The molecule has 0 fully saturated rings. The summed E-state index contributed by atoms with van der Waals surface area (Å²) >= 11 is 0. The molecular weight excluding hydrogens is 330 g/mol. The van der Waals surface area contributed by atoms with Gasteiger partial charge in [0.25, 0.3) is 0 Å². The van der Waals surface area contributed by atoms with Crippen molar-refractivity contribution >= 4 is 17.9 Å². The van der Waals surface area contributed by atoms with Gasteiger partial charge in [0.1, 0.15) is 24.7 Å². The summed E-state index contributed by atoms with van der Waals surface area (Å²) in [6.45, 7) is 3.99. The molecule has 26 heavy (non-hydrogen) atoms. The van der Waals surface area contributed by atoms with Crippen molar-refractivity contribution < 1.29 is 19.1 Å². The molecule has 0 saturated carbocycles. The molecule has 0 aliphatic heterocycles. The second-order valence-corrected chi connectivity index (χ2v) is 6.40. The van der Waals surface area contributed by atoms with Gasteiger partial charge in [-0.2, -0.15) is 0 Å². The lowest BCUT2D eigenvalue weighted by Crippen LogP contribution is -2.41. The Balaban J connectivity index is 2.13. The molecule has 0 radical (unpaired) electrons. The average Bonchev–Trinajstić information content (AvgIpc) is 2.67. The molecule has 138 valence electrons. The van der Waals surface area contributed by atoms with Gasteiger partial charge in [-0.25, -0.2) is 4.79 Å². The van der Waals surface area contributed by atoms with E-state index < -0.39 is 17.9 Å². The number of rotatable bonds is 9. The second-order valence-electron chi connectivity index (χ2n) is 6.40. The molecule has 0 amide bonds. The van der Waals surface area contributed by atoms with E-state index in [0.717, 1.165) is 23.3 Å². The Kier molecular flexibility index (Phi) is 7.21. The maximum absolute atomic E-state index is 12.7. The van der Waals surface area contributed by atoms with Gasteiger partial charge >= 0.3 is 5.97 Å². The summed E-state index contributed by atoms with van der Waals surface area (Å²) in [5, 5.41) is 3.14. The van der Waals surface area contributed by atoms with E-state index in [0.29, 0.717) is 0 Å².